The largest absolute Gasteiger partial charge is 0.393 e. The summed E-state index contributed by atoms with van der Waals surface area (Å²) in [5.41, 5.74) is -1.76. The summed E-state index contributed by atoms with van der Waals surface area (Å²) < 4.78 is 0. The van der Waals surface area contributed by atoms with Gasteiger partial charge < -0.3 is 30.8 Å². The fourth-order valence-corrected chi connectivity index (χ4v) is 3.25. The van der Waals surface area contributed by atoms with Gasteiger partial charge in [-0.3, -0.25) is 0 Å². The Morgan fingerprint density at radius 1 is 1.00 bits per heavy atom. The van der Waals surface area contributed by atoms with Crippen LogP contribution in [0.2, 0.25) is 0 Å². The number of rotatable bonds is 3. The lowest BCUT2D eigenvalue weighted by atomic mass is 9.76. The van der Waals surface area contributed by atoms with Crippen LogP contribution in [0.15, 0.2) is 0 Å². The maximum Gasteiger partial charge on any atom is 0.118 e. The molecule has 2 aliphatic carbocycles. The van der Waals surface area contributed by atoms with E-state index in [4.69, 9.17) is 0 Å². The van der Waals surface area contributed by atoms with Gasteiger partial charge in [0.15, 0.2) is 0 Å². The highest BCUT2D eigenvalue weighted by Crippen LogP contribution is 2.30. The first-order valence-electron chi connectivity index (χ1n) is 7.11. The molecule has 0 heterocycles. The highest BCUT2D eigenvalue weighted by Gasteiger charge is 2.51. The van der Waals surface area contributed by atoms with Crippen molar-refractivity contribution in [1.29, 1.82) is 0 Å². The summed E-state index contributed by atoms with van der Waals surface area (Å²) >= 11 is 0. The molecule has 19 heavy (non-hydrogen) atoms. The van der Waals surface area contributed by atoms with Crippen LogP contribution in [0.4, 0.5) is 0 Å². The summed E-state index contributed by atoms with van der Waals surface area (Å²) in [5.74, 6) is 0. The second-order valence-corrected chi connectivity index (χ2v) is 6.00. The highest BCUT2D eigenvalue weighted by atomic mass is 16.4. The molecule has 5 atom stereocenters. The van der Waals surface area contributed by atoms with E-state index in [2.05, 4.69) is 5.32 Å². The van der Waals surface area contributed by atoms with Gasteiger partial charge in [0.1, 0.15) is 17.8 Å². The second kappa shape index (κ2) is 6.03. The lowest BCUT2D eigenvalue weighted by Crippen LogP contribution is -2.67. The Morgan fingerprint density at radius 2 is 1.63 bits per heavy atom. The number of aliphatic hydroxyl groups is 5. The van der Waals surface area contributed by atoms with Crippen LogP contribution in [0.1, 0.15) is 38.5 Å². The van der Waals surface area contributed by atoms with E-state index in [9.17, 15) is 25.5 Å². The van der Waals surface area contributed by atoms with Crippen LogP contribution >= 0.6 is 0 Å². The Hall–Kier alpha value is -0.240. The van der Waals surface area contributed by atoms with Crippen molar-refractivity contribution in [1.82, 2.24) is 5.32 Å². The first kappa shape index (κ1) is 15.2. The van der Waals surface area contributed by atoms with Crippen molar-refractivity contribution in [2.45, 2.75) is 74.5 Å². The van der Waals surface area contributed by atoms with Gasteiger partial charge in [0.2, 0.25) is 0 Å². The summed E-state index contributed by atoms with van der Waals surface area (Å²) in [4.78, 5) is 0. The number of hydrogen-bond donors (Lipinski definition) is 6. The summed E-state index contributed by atoms with van der Waals surface area (Å²) in [5, 5.41) is 52.1. The van der Waals surface area contributed by atoms with Crippen LogP contribution in [0.5, 0.6) is 0 Å². The third-order valence-corrected chi connectivity index (χ3v) is 4.54. The van der Waals surface area contributed by atoms with Crippen molar-refractivity contribution in [2.75, 3.05) is 6.61 Å². The second-order valence-electron chi connectivity index (χ2n) is 6.00. The summed E-state index contributed by atoms with van der Waals surface area (Å²) in [6.07, 6.45) is 1.42. The van der Waals surface area contributed by atoms with Crippen LogP contribution in [-0.4, -0.2) is 68.1 Å². The first-order valence-corrected chi connectivity index (χ1v) is 7.11. The topological polar surface area (TPSA) is 113 Å². The molecule has 112 valence electrons. The molecule has 0 radical (unpaired) electrons. The van der Waals surface area contributed by atoms with Crippen LogP contribution < -0.4 is 5.32 Å². The minimum atomic E-state index is -1.76. The highest BCUT2D eigenvalue weighted by molar-refractivity contribution is 5.05. The van der Waals surface area contributed by atoms with E-state index in [1.165, 1.54) is 6.42 Å². The zero-order valence-corrected chi connectivity index (χ0v) is 11.1. The van der Waals surface area contributed by atoms with E-state index in [-0.39, 0.29) is 12.5 Å². The summed E-state index contributed by atoms with van der Waals surface area (Å²) in [6, 6.07) is -0.252. The smallest absolute Gasteiger partial charge is 0.118 e. The number of aliphatic hydroxyl groups excluding tert-OH is 4. The predicted octanol–water partition coefficient (Wildman–Crippen LogP) is -1.51. The van der Waals surface area contributed by atoms with Gasteiger partial charge >= 0.3 is 0 Å². The van der Waals surface area contributed by atoms with Crippen molar-refractivity contribution in [3.05, 3.63) is 0 Å². The average molecular weight is 275 g/mol. The molecule has 2 fully saturated rings. The Bertz CT molecular complexity index is 297. The van der Waals surface area contributed by atoms with Gasteiger partial charge in [-0.25, -0.2) is 0 Å². The summed E-state index contributed by atoms with van der Waals surface area (Å²) in [7, 11) is 0. The third-order valence-electron chi connectivity index (χ3n) is 4.54. The van der Waals surface area contributed by atoms with E-state index in [1.807, 2.05) is 0 Å². The summed E-state index contributed by atoms with van der Waals surface area (Å²) in [6.45, 7) is -0.638. The molecule has 0 aromatic heterocycles. The van der Waals surface area contributed by atoms with Crippen LogP contribution in [0.3, 0.4) is 0 Å². The Balaban J connectivity index is 2.02. The molecule has 2 rings (SSSR count). The molecule has 6 heteroatoms. The average Bonchev–Trinajstić information content (AvgIpc) is 2.43. The van der Waals surface area contributed by atoms with Crippen LogP contribution in [0.25, 0.3) is 0 Å². The molecular weight excluding hydrogens is 250 g/mol. The lowest BCUT2D eigenvalue weighted by Gasteiger charge is -2.46. The number of nitrogens with one attached hydrogen (secondary N) is 1. The van der Waals surface area contributed by atoms with Crippen molar-refractivity contribution >= 4 is 0 Å². The van der Waals surface area contributed by atoms with Gasteiger partial charge in [-0.2, -0.15) is 0 Å². The van der Waals surface area contributed by atoms with E-state index in [1.54, 1.807) is 0 Å². The Morgan fingerprint density at radius 3 is 2.21 bits per heavy atom. The molecule has 0 unspecified atom stereocenters. The van der Waals surface area contributed by atoms with Crippen molar-refractivity contribution < 1.29 is 25.5 Å². The third kappa shape index (κ3) is 3.09. The van der Waals surface area contributed by atoms with Gasteiger partial charge in [-0.05, 0) is 19.3 Å². The van der Waals surface area contributed by atoms with Crippen LogP contribution in [0, 0.1) is 0 Å². The molecule has 0 bridgehead atoms. The predicted molar refractivity (Wildman–Crippen MR) is 68.5 cm³/mol. The minimum Gasteiger partial charge on any atom is -0.393 e. The fourth-order valence-electron chi connectivity index (χ4n) is 3.25. The van der Waals surface area contributed by atoms with Crippen molar-refractivity contribution in [2.24, 2.45) is 0 Å². The molecular formula is C13H25NO5. The molecule has 0 spiro atoms. The first-order chi connectivity index (χ1) is 8.98. The standard InChI is InChI=1S/C13H25NO5/c15-7-13(19)6-9(10(16)11(17)12(13)18)14-8-4-2-1-3-5-8/h8-12,14-19H,1-7H2/t9-,10-,11+,12-,13-/m0/s1. The molecule has 6 nitrogen and oxygen atoms in total. The van der Waals surface area contributed by atoms with E-state index < -0.39 is 36.6 Å². The molecule has 6 N–H and O–H groups in total. The molecule has 0 saturated heterocycles. The van der Waals surface area contributed by atoms with Gasteiger partial charge in [0.05, 0.1) is 12.7 Å². The Labute approximate surface area is 113 Å². The normalized spacial score (nSPS) is 45.3. The number of hydrogen-bond acceptors (Lipinski definition) is 6. The molecule has 0 aromatic rings. The van der Waals surface area contributed by atoms with Gasteiger partial charge in [-0.1, -0.05) is 19.3 Å². The Kier molecular flexibility index (Phi) is 4.81. The molecule has 2 aliphatic rings. The SMILES string of the molecule is OC[C@@]1(O)C[C@H](NC2CCCCC2)[C@H](O)[C@@H](O)[C@@H]1O. The molecule has 0 aliphatic heterocycles. The van der Waals surface area contributed by atoms with E-state index >= 15 is 0 Å². The quantitative estimate of drug-likeness (QED) is 0.373. The monoisotopic (exact) mass is 275 g/mol. The van der Waals surface area contributed by atoms with Gasteiger partial charge in [0.25, 0.3) is 0 Å². The van der Waals surface area contributed by atoms with E-state index in [0.717, 1.165) is 25.7 Å². The fraction of sp³-hybridized carbons (Fsp3) is 1.00. The molecule has 2 saturated carbocycles. The maximum atomic E-state index is 10.1. The lowest BCUT2D eigenvalue weighted by molar-refractivity contribution is -0.207. The van der Waals surface area contributed by atoms with Crippen LogP contribution in [-0.2, 0) is 0 Å². The minimum absolute atomic E-state index is 0.0272. The van der Waals surface area contributed by atoms with Crippen molar-refractivity contribution in [3.63, 3.8) is 0 Å². The maximum absolute atomic E-state index is 10.1. The molecule has 0 amide bonds. The zero-order chi connectivity index (χ0) is 14.0. The van der Waals surface area contributed by atoms with Crippen molar-refractivity contribution in [3.8, 4) is 0 Å². The molecule has 0 aromatic carbocycles. The van der Waals surface area contributed by atoms with Gasteiger partial charge in [-0.15, -0.1) is 0 Å². The zero-order valence-electron chi connectivity index (χ0n) is 11.1. The van der Waals surface area contributed by atoms with Gasteiger partial charge in [0, 0.05) is 12.1 Å². The van der Waals surface area contributed by atoms with E-state index in [0.29, 0.717) is 0 Å².